The molecular formula is C34H26N2O2. The first-order valence-corrected chi connectivity index (χ1v) is 11.9. The Morgan fingerprint density at radius 2 is 0.974 bits per heavy atom. The van der Waals surface area contributed by atoms with Gasteiger partial charge in [0.05, 0.1) is 0 Å². The van der Waals surface area contributed by atoms with Crippen molar-refractivity contribution in [3.63, 3.8) is 0 Å². The highest BCUT2D eigenvalue weighted by atomic mass is 16.1. The quantitative estimate of drug-likeness (QED) is 0.188. The van der Waals surface area contributed by atoms with E-state index in [1.807, 2.05) is 62.4 Å². The third-order valence-electron chi connectivity index (χ3n) is 5.01. The van der Waals surface area contributed by atoms with Crippen molar-refractivity contribution in [2.75, 3.05) is 0 Å². The Hall–Kier alpha value is -5.32. The summed E-state index contributed by atoms with van der Waals surface area (Å²) in [6, 6.07) is 26.3. The third kappa shape index (κ3) is 9.74. The van der Waals surface area contributed by atoms with Gasteiger partial charge < -0.3 is 0 Å². The van der Waals surface area contributed by atoms with Crippen LogP contribution >= 0.6 is 0 Å². The zero-order valence-electron chi connectivity index (χ0n) is 21.3. The maximum Gasteiger partial charge on any atom is 0.204 e. The maximum absolute atomic E-state index is 11.7. The number of nitrogens with zero attached hydrogens (tertiary/aromatic N) is 2. The molecule has 184 valence electrons. The van der Waals surface area contributed by atoms with E-state index in [2.05, 4.69) is 33.6 Å². The number of aromatic nitrogens is 2. The van der Waals surface area contributed by atoms with E-state index in [4.69, 9.17) is 0 Å². The molecule has 0 atom stereocenters. The number of carbonyl (C=O) groups is 2. The minimum Gasteiger partial charge on any atom is -0.288 e. The van der Waals surface area contributed by atoms with E-state index in [1.54, 1.807) is 60.9 Å². The molecule has 2 aromatic heterocycles. The minimum atomic E-state index is -0.140. The summed E-state index contributed by atoms with van der Waals surface area (Å²) in [7, 11) is 0. The van der Waals surface area contributed by atoms with Crippen LogP contribution in [0.1, 0.15) is 43.2 Å². The number of allylic oxidation sites excluding steroid dienone is 4. The molecule has 4 nitrogen and oxygen atoms in total. The Morgan fingerprint density at radius 3 is 1.32 bits per heavy atom. The van der Waals surface area contributed by atoms with Gasteiger partial charge in [-0.1, -0.05) is 71.2 Å². The summed E-state index contributed by atoms with van der Waals surface area (Å²) in [6.07, 6.45) is 9.17. The van der Waals surface area contributed by atoms with Crippen LogP contribution in [0.2, 0.25) is 0 Å². The van der Waals surface area contributed by atoms with Crippen molar-refractivity contribution in [1.29, 1.82) is 0 Å². The van der Waals surface area contributed by atoms with Gasteiger partial charge in [0.1, 0.15) is 11.4 Å². The van der Waals surface area contributed by atoms with Gasteiger partial charge in [-0.05, 0) is 86.7 Å². The topological polar surface area (TPSA) is 59.9 Å². The van der Waals surface area contributed by atoms with Crippen LogP contribution in [0.3, 0.4) is 0 Å². The van der Waals surface area contributed by atoms with Gasteiger partial charge in [-0.15, -0.1) is 0 Å². The van der Waals surface area contributed by atoms with Crippen molar-refractivity contribution in [2.45, 2.75) is 13.8 Å². The normalized spacial score (nSPS) is 9.95. The second-order valence-corrected chi connectivity index (χ2v) is 8.10. The monoisotopic (exact) mass is 494 g/mol. The molecule has 0 fully saturated rings. The summed E-state index contributed by atoms with van der Waals surface area (Å²) >= 11 is 0. The van der Waals surface area contributed by atoms with Crippen LogP contribution in [0.25, 0.3) is 0 Å². The van der Waals surface area contributed by atoms with E-state index < -0.39 is 0 Å². The molecule has 2 aromatic carbocycles. The van der Waals surface area contributed by atoms with Crippen molar-refractivity contribution < 1.29 is 9.59 Å². The van der Waals surface area contributed by atoms with Crippen LogP contribution in [0.15, 0.2) is 122 Å². The van der Waals surface area contributed by atoms with E-state index in [9.17, 15) is 9.59 Å². The Labute approximate surface area is 223 Å². The maximum atomic E-state index is 11.7. The Bertz CT molecular complexity index is 1410. The predicted molar refractivity (Wildman–Crippen MR) is 152 cm³/mol. The minimum absolute atomic E-state index is 0.140. The lowest BCUT2D eigenvalue weighted by molar-refractivity contribution is 0.103. The fourth-order valence-corrected chi connectivity index (χ4v) is 2.95. The number of aryl methyl sites for hydroxylation is 2. The molecule has 0 aliphatic carbocycles. The molecule has 4 aromatic rings. The van der Waals surface area contributed by atoms with Crippen molar-refractivity contribution in [1.82, 2.24) is 9.97 Å². The molecule has 0 aliphatic rings. The third-order valence-corrected chi connectivity index (χ3v) is 5.01. The van der Waals surface area contributed by atoms with Crippen LogP contribution in [0, 0.1) is 37.5 Å². The molecule has 0 bridgehead atoms. The van der Waals surface area contributed by atoms with Crippen molar-refractivity contribution >= 4 is 11.6 Å². The number of hydrogen-bond donors (Lipinski definition) is 0. The summed E-state index contributed by atoms with van der Waals surface area (Å²) in [6.45, 7) is 4.06. The Balaban J connectivity index is 0.000000211. The number of rotatable bonds is 4. The molecule has 38 heavy (non-hydrogen) atoms. The Morgan fingerprint density at radius 1 is 0.579 bits per heavy atom. The van der Waals surface area contributed by atoms with E-state index in [0.29, 0.717) is 11.4 Å². The van der Waals surface area contributed by atoms with Gasteiger partial charge in [-0.25, -0.2) is 0 Å². The molecule has 0 unspecified atom stereocenters. The average Bonchev–Trinajstić information content (AvgIpc) is 2.96. The van der Waals surface area contributed by atoms with E-state index >= 15 is 0 Å². The fraction of sp³-hybridized carbons (Fsp3) is 0.0588. The van der Waals surface area contributed by atoms with Gasteiger partial charge in [-0.3, -0.25) is 19.6 Å². The fourth-order valence-electron chi connectivity index (χ4n) is 2.95. The van der Waals surface area contributed by atoms with E-state index in [0.717, 1.165) is 11.1 Å². The molecule has 0 radical (unpaired) electrons. The van der Waals surface area contributed by atoms with Crippen LogP contribution in [0.4, 0.5) is 0 Å². The zero-order valence-corrected chi connectivity index (χ0v) is 21.3. The highest BCUT2D eigenvalue weighted by molar-refractivity contribution is 6.03. The predicted octanol–water partition coefficient (Wildman–Crippen LogP) is 6.36. The number of hydrogen-bond acceptors (Lipinski definition) is 4. The van der Waals surface area contributed by atoms with Crippen molar-refractivity contribution in [2.24, 2.45) is 0 Å². The summed E-state index contributed by atoms with van der Waals surface area (Å²) in [5.41, 5.74) is 5.12. The van der Waals surface area contributed by atoms with Gasteiger partial charge in [0, 0.05) is 23.5 Å². The van der Waals surface area contributed by atoms with Gasteiger partial charge >= 0.3 is 0 Å². The molecule has 4 heteroatoms. The van der Waals surface area contributed by atoms with Gasteiger partial charge in [0.2, 0.25) is 11.6 Å². The first-order chi connectivity index (χ1) is 18.5. The lowest BCUT2D eigenvalue weighted by atomic mass is 10.1. The highest BCUT2D eigenvalue weighted by Crippen LogP contribution is 2.02. The SMILES string of the molecule is Cc1ccc(C#C/C=C/C(=O)c2ccccn2)cc1.Cc1ccc(C#C/C=C/C(=O)c2ccccn2)cc1. The van der Waals surface area contributed by atoms with Gasteiger partial charge in [0.15, 0.2) is 0 Å². The molecule has 2 heterocycles. The molecule has 0 aliphatic heterocycles. The summed E-state index contributed by atoms with van der Waals surface area (Å²) in [4.78, 5) is 31.3. The number of carbonyl (C=O) groups excluding carboxylic acids is 2. The van der Waals surface area contributed by atoms with Crippen LogP contribution in [-0.4, -0.2) is 21.5 Å². The summed E-state index contributed by atoms with van der Waals surface area (Å²) in [5, 5.41) is 0. The van der Waals surface area contributed by atoms with Crippen LogP contribution in [-0.2, 0) is 0 Å². The van der Waals surface area contributed by atoms with Crippen molar-refractivity contribution in [3.05, 3.63) is 155 Å². The van der Waals surface area contributed by atoms with Crippen molar-refractivity contribution in [3.8, 4) is 23.7 Å². The molecule has 0 saturated carbocycles. The van der Waals surface area contributed by atoms with Crippen LogP contribution < -0.4 is 0 Å². The molecular weight excluding hydrogens is 468 g/mol. The number of benzene rings is 2. The summed E-state index contributed by atoms with van der Waals surface area (Å²) in [5.74, 6) is 11.3. The zero-order chi connectivity index (χ0) is 27.0. The highest BCUT2D eigenvalue weighted by Gasteiger charge is 2.00. The first kappa shape index (κ1) is 27.3. The van der Waals surface area contributed by atoms with Gasteiger partial charge in [0.25, 0.3) is 0 Å². The van der Waals surface area contributed by atoms with E-state index in [1.165, 1.54) is 23.3 Å². The standard InChI is InChI=1S/2C17H13NO/c2*1-14-9-11-15(12-10-14)6-2-3-8-17(19)16-7-4-5-13-18-16/h2*3-5,7-13H,1H3/b2*8-3+. The lowest BCUT2D eigenvalue weighted by Crippen LogP contribution is -1.96. The summed E-state index contributed by atoms with van der Waals surface area (Å²) < 4.78 is 0. The smallest absolute Gasteiger partial charge is 0.204 e. The molecule has 0 saturated heterocycles. The van der Waals surface area contributed by atoms with Crippen LogP contribution in [0.5, 0.6) is 0 Å². The molecule has 0 N–H and O–H groups in total. The second-order valence-electron chi connectivity index (χ2n) is 8.10. The second kappa shape index (κ2) is 14.9. The molecule has 4 rings (SSSR count). The number of pyridine rings is 2. The van der Waals surface area contributed by atoms with E-state index in [-0.39, 0.29) is 11.6 Å². The van der Waals surface area contributed by atoms with Gasteiger partial charge in [-0.2, -0.15) is 0 Å². The Kier molecular flexibility index (Phi) is 10.7. The molecule has 0 amide bonds. The largest absolute Gasteiger partial charge is 0.288 e. The molecule has 0 spiro atoms. The average molecular weight is 495 g/mol. The first-order valence-electron chi connectivity index (χ1n) is 11.9. The lowest BCUT2D eigenvalue weighted by Gasteiger charge is -1.91. The number of ketones is 2.